The Morgan fingerprint density at radius 2 is 2.06 bits per heavy atom. The molecule has 0 spiro atoms. The minimum atomic E-state index is 0.300. The average molecular weight is 285 g/mol. The molecule has 1 aliphatic heterocycles. The summed E-state index contributed by atoms with van der Waals surface area (Å²) in [7, 11) is 0. The topological polar surface area (TPSA) is 15.3 Å². The number of piperazine rings is 1. The van der Waals surface area contributed by atoms with E-state index in [1.54, 1.807) is 0 Å². The molecule has 1 aliphatic rings. The molecule has 1 fully saturated rings. The summed E-state index contributed by atoms with van der Waals surface area (Å²) in [5, 5.41) is 4.79. The van der Waals surface area contributed by atoms with Crippen molar-refractivity contribution in [1.29, 1.82) is 0 Å². The second-order valence-electron chi connectivity index (χ2n) is 4.49. The Balaban J connectivity index is 2.24. The third-order valence-electron chi connectivity index (χ3n) is 3.30. The van der Waals surface area contributed by atoms with Crippen molar-refractivity contribution in [3.8, 4) is 0 Å². The molecule has 0 bridgehead atoms. The van der Waals surface area contributed by atoms with Gasteiger partial charge in [-0.2, -0.15) is 0 Å². The molecule has 2 rings (SSSR count). The van der Waals surface area contributed by atoms with Gasteiger partial charge in [-0.1, -0.05) is 35.3 Å². The van der Waals surface area contributed by atoms with Crippen molar-refractivity contribution < 1.29 is 0 Å². The van der Waals surface area contributed by atoms with Gasteiger partial charge in [0.1, 0.15) is 0 Å². The van der Waals surface area contributed by atoms with E-state index in [-0.39, 0.29) is 0 Å². The van der Waals surface area contributed by atoms with Crippen molar-refractivity contribution in [2.45, 2.75) is 12.5 Å². The zero-order valence-electron chi connectivity index (χ0n) is 10.3. The van der Waals surface area contributed by atoms with E-state index in [2.05, 4.69) is 16.8 Å². The fourth-order valence-corrected chi connectivity index (χ4v) is 2.93. The normalized spacial score (nSPS) is 18.6. The highest BCUT2D eigenvalue weighted by molar-refractivity contribution is 6.35. The van der Waals surface area contributed by atoms with Gasteiger partial charge in [-0.05, 0) is 24.1 Å². The molecule has 0 saturated carbocycles. The Morgan fingerprint density at radius 1 is 1.33 bits per heavy atom. The lowest BCUT2D eigenvalue weighted by Crippen LogP contribution is -2.45. The van der Waals surface area contributed by atoms with Gasteiger partial charge in [0.2, 0.25) is 0 Å². The zero-order chi connectivity index (χ0) is 13.0. The number of nitrogens with zero attached hydrogens (tertiary/aromatic N) is 1. The molecule has 0 amide bonds. The fraction of sp³-hybridized carbons (Fsp3) is 0.429. The molecule has 4 heteroatoms. The van der Waals surface area contributed by atoms with E-state index in [1.165, 1.54) is 0 Å². The van der Waals surface area contributed by atoms with E-state index in [0.717, 1.165) is 43.2 Å². The second kappa shape index (κ2) is 6.58. The van der Waals surface area contributed by atoms with E-state index in [1.807, 2.05) is 24.3 Å². The molecule has 1 aromatic carbocycles. The van der Waals surface area contributed by atoms with E-state index in [9.17, 15) is 0 Å². The monoisotopic (exact) mass is 284 g/mol. The summed E-state index contributed by atoms with van der Waals surface area (Å²) < 4.78 is 0. The van der Waals surface area contributed by atoms with Gasteiger partial charge in [-0.25, -0.2) is 0 Å². The summed E-state index contributed by atoms with van der Waals surface area (Å²) in [5.41, 5.74) is 1.14. The van der Waals surface area contributed by atoms with Crippen molar-refractivity contribution in [2.75, 3.05) is 26.2 Å². The lowest BCUT2D eigenvalue weighted by atomic mass is 10.0. The fourth-order valence-electron chi connectivity index (χ4n) is 2.40. The Kier molecular flexibility index (Phi) is 5.07. The van der Waals surface area contributed by atoms with Crippen LogP contribution in [0.1, 0.15) is 18.0 Å². The molecule has 1 N–H and O–H groups in total. The molecule has 1 saturated heterocycles. The molecular weight excluding hydrogens is 267 g/mol. The average Bonchev–Trinajstić information content (AvgIpc) is 2.38. The van der Waals surface area contributed by atoms with Gasteiger partial charge >= 0.3 is 0 Å². The number of rotatable bonds is 4. The van der Waals surface area contributed by atoms with Gasteiger partial charge in [0, 0.05) is 42.3 Å². The van der Waals surface area contributed by atoms with Crippen LogP contribution in [-0.4, -0.2) is 31.1 Å². The van der Waals surface area contributed by atoms with E-state index in [0.29, 0.717) is 11.1 Å². The maximum Gasteiger partial charge on any atom is 0.0468 e. The molecule has 18 heavy (non-hydrogen) atoms. The summed E-state index contributed by atoms with van der Waals surface area (Å²) in [6.07, 6.45) is 2.86. The number of hydrogen-bond acceptors (Lipinski definition) is 2. The van der Waals surface area contributed by atoms with Crippen LogP contribution in [0, 0.1) is 0 Å². The van der Waals surface area contributed by atoms with Crippen molar-refractivity contribution >= 4 is 23.2 Å². The molecule has 1 heterocycles. The molecule has 2 nitrogen and oxygen atoms in total. The van der Waals surface area contributed by atoms with Crippen LogP contribution in [0.2, 0.25) is 10.0 Å². The minimum Gasteiger partial charge on any atom is -0.314 e. The predicted molar refractivity (Wildman–Crippen MR) is 78.5 cm³/mol. The Hall–Kier alpha value is -0.540. The maximum atomic E-state index is 6.32. The SMILES string of the molecule is C=CC[C@@H](c1ccc(Cl)cc1Cl)N1CCNCC1. The molecule has 0 radical (unpaired) electrons. The molecule has 0 aromatic heterocycles. The van der Waals surface area contributed by atoms with Gasteiger partial charge < -0.3 is 5.32 Å². The van der Waals surface area contributed by atoms with E-state index in [4.69, 9.17) is 23.2 Å². The van der Waals surface area contributed by atoms with Gasteiger partial charge in [0.05, 0.1) is 0 Å². The van der Waals surface area contributed by atoms with Crippen LogP contribution in [0.15, 0.2) is 30.9 Å². The molecule has 1 atom stereocenters. The van der Waals surface area contributed by atoms with Crippen LogP contribution >= 0.6 is 23.2 Å². The largest absolute Gasteiger partial charge is 0.314 e. The predicted octanol–water partition coefficient (Wildman–Crippen LogP) is 3.52. The van der Waals surface area contributed by atoms with Crippen LogP contribution in [0.25, 0.3) is 0 Å². The molecule has 0 aliphatic carbocycles. The van der Waals surface area contributed by atoms with E-state index >= 15 is 0 Å². The summed E-state index contributed by atoms with van der Waals surface area (Å²) in [5.74, 6) is 0. The van der Waals surface area contributed by atoms with Crippen molar-refractivity contribution in [1.82, 2.24) is 10.2 Å². The van der Waals surface area contributed by atoms with Crippen LogP contribution in [0.3, 0.4) is 0 Å². The van der Waals surface area contributed by atoms with E-state index < -0.39 is 0 Å². The first-order chi connectivity index (χ1) is 8.72. The quantitative estimate of drug-likeness (QED) is 0.852. The van der Waals surface area contributed by atoms with Gasteiger partial charge in [0.15, 0.2) is 0 Å². The first-order valence-corrected chi connectivity index (χ1v) is 6.98. The highest BCUT2D eigenvalue weighted by atomic mass is 35.5. The zero-order valence-corrected chi connectivity index (χ0v) is 11.8. The number of benzene rings is 1. The summed E-state index contributed by atoms with van der Waals surface area (Å²) in [6, 6.07) is 6.05. The maximum absolute atomic E-state index is 6.32. The number of halogens is 2. The summed E-state index contributed by atoms with van der Waals surface area (Å²) >= 11 is 12.3. The molecule has 0 unspecified atom stereocenters. The van der Waals surface area contributed by atoms with Crippen LogP contribution in [0.4, 0.5) is 0 Å². The summed E-state index contributed by atoms with van der Waals surface area (Å²) in [6.45, 7) is 7.99. The third kappa shape index (κ3) is 3.27. The Morgan fingerprint density at radius 3 is 2.67 bits per heavy atom. The first-order valence-electron chi connectivity index (χ1n) is 6.23. The smallest absolute Gasteiger partial charge is 0.0468 e. The molecule has 98 valence electrons. The highest BCUT2D eigenvalue weighted by Gasteiger charge is 2.22. The molecular formula is C14H18Cl2N2. The van der Waals surface area contributed by atoms with Crippen LogP contribution in [0.5, 0.6) is 0 Å². The van der Waals surface area contributed by atoms with Crippen LogP contribution in [-0.2, 0) is 0 Å². The van der Waals surface area contributed by atoms with Crippen molar-refractivity contribution in [3.05, 3.63) is 46.5 Å². The highest BCUT2D eigenvalue weighted by Crippen LogP contribution is 2.32. The second-order valence-corrected chi connectivity index (χ2v) is 5.34. The van der Waals surface area contributed by atoms with Gasteiger partial charge in [-0.15, -0.1) is 6.58 Å². The Labute approximate surface area is 119 Å². The molecule has 1 aromatic rings. The third-order valence-corrected chi connectivity index (χ3v) is 3.87. The van der Waals surface area contributed by atoms with Crippen molar-refractivity contribution in [3.63, 3.8) is 0 Å². The minimum absolute atomic E-state index is 0.300. The van der Waals surface area contributed by atoms with Crippen LogP contribution < -0.4 is 5.32 Å². The Bertz CT molecular complexity index is 414. The lowest BCUT2D eigenvalue weighted by molar-refractivity contribution is 0.174. The van der Waals surface area contributed by atoms with Gasteiger partial charge in [0.25, 0.3) is 0 Å². The van der Waals surface area contributed by atoms with Crippen molar-refractivity contribution in [2.24, 2.45) is 0 Å². The first kappa shape index (κ1) is 13.9. The standard InChI is InChI=1S/C14H18Cl2N2/c1-2-3-14(18-8-6-17-7-9-18)12-5-4-11(15)10-13(12)16/h2,4-5,10,14,17H,1,3,6-9H2/t14-/m0/s1. The lowest BCUT2D eigenvalue weighted by Gasteiger charge is -2.35. The van der Waals surface area contributed by atoms with Gasteiger partial charge in [-0.3, -0.25) is 4.90 Å². The number of hydrogen-bond donors (Lipinski definition) is 1. The summed E-state index contributed by atoms with van der Waals surface area (Å²) in [4.78, 5) is 2.45. The number of nitrogens with one attached hydrogen (secondary N) is 1.